The summed E-state index contributed by atoms with van der Waals surface area (Å²) in [7, 11) is 1.87. The third-order valence-electron chi connectivity index (χ3n) is 5.34. The van der Waals surface area contributed by atoms with Crippen LogP contribution in [-0.2, 0) is 4.74 Å². The van der Waals surface area contributed by atoms with Crippen LogP contribution in [0.1, 0.15) is 6.23 Å². The minimum atomic E-state index is -1.21. The fourth-order valence-electron chi connectivity index (χ4n) is 3.80. The number of ether oxygens (including phenoxy) is 1. The number of hydrogen-bond acceptors (Lipinski definition) is 8. The van der Waals surface area contributed by atoms with Gasteiger partial charge in [0.15, 0.2) is 23.2 Å². The maximum atomic E-state index is 10.3. The van der Waals surface area contributed by atoms with Crippen LogP contribution in [0.3, 0.4) is 0 Å². The van der Waals surface area contributed by atoms with Crippen molar-refractivity contribution in [1.82, 2.24) is 24.2 Å². The largest absolute Gasteiger partial charge is 0.394 e. The number of imidazole rings is 1. The van der Waals surface area contributed by atoms with Crippen LogP contribution in [-0.4, -0.2) is 71.5 Å². The molecule has 0 aliphatic carbocycles. The highest BCUT2D eigenvalue weighted by Crippen LogP contribution is 2.32. The summed E-state index contributed by atoms with van der Waals surface area (Å²) in [6.07, 6.45) is 0.660. The third-order valence-corrected chi connectivity index (χ3v) is 5.34. The summed E-state index contributed by atoms with van der Waals surface area (Å²) in [6.45, 7) is -0.398. The van der Waals surface area contributed by atoms with E-state index in [0.29, 0.717) is 17.0 Å². The average Bonchev–Trinajstić information content (AvgIpc) is 3.44. The molecule has 0 saturated carbocycles. The predicted molar refractivity (Wildman–Crippen MR) is 104 cm³/mol. The quantitative estimate of drug-likeness (QED) is 0.450. The summed E-state index contributed by atoms with van der Waals surface area (Å²) < 4.78 is 9.12. The molecule has 1 aromatic carbocycles. The summed E-state index contributed by atoms with van der Waals surface area (Å²) in [5.74, 6) is 0.571. The van der Waals surface area contributed by atoms with E-state index in [-0.39, 0.29) is 0 Å². The van der Waals surface area contributed by atoms with Gasteiger partial charge in [0.1, 0.15) is 24.6 Å². The van der Waals surface area contributed by atoms with Gasteiger partial charge < -0.3 is 20.1 Å². The first-order chi connectivity index (χ1) is 14.1. The molecule has 0 spiro atoms. The van der Waals surface area contributed by atoms with Gasteiger partial charge in [-0.25, -0.2) is 15.0 Å². The number of anilines is 1. The number of hydrogen-bond donors (Lipinski definition) is 3. The van der Waals surface area contributed by atoms with E-state index >= 15 is 0 Å². The number of nitrogens with zero attached hydrogens (tertiary/aromatic N) is 6. The van der Waals surface area contributed by atoms with Crippen molar-refractivity contribution in [3.05, 3.63) is 49.2 Å². The average molecular weight is 396 g/mol. The van der Waals surface area contributed by atoms with Crippen LogP contribution in [0.25, 0.3) is 22.1 Å². The van der Waals surface area contributed by atoms with Crippen molar-refractivity contribution in [2.45, 2.75) is 24.5 Å². The molecule has 0 unspecified atom stereocenters. The molecule has 3 N–H and O–H groups in total. The lowest BCUT2D eigenvalue weighted by molar-refractivity contribution is -0.0511. The highest BCUT2D eigenvalue weighted by Gasteiger charge is 2.44. The SMILES string of the molecule is CN(c1ncnc2c1ncn2[C@@H]1O[C@H](CO)[C@@H](O)[C@H]1O)n1ccc2ccccc21. The Balaban J connectivity index is 1.57. The summed E-state index contributed by atoms with van der Waals surface area (Å²) in [5, 5.41) is 32.7. The van der Waals surface area contributed by atoms with Crippen LogP contribution in [0.5, 0.6) is 0 Å². The second-order valence-electron chi connectivity index (χ2n) is 6.99. The zero-order valence-corrected chi connectivity index (χ0v) is 15.6. The van der Waals surface area contributed by atoms with Crippen molar-refractivity contribution in [1.29, 1.82) is 0 Å². The number of aromatic nitrogens is 5. The number of aliphatic hydroxyl groups is 3. The Kier molecular flexibility index (Phi) is 4.21. The monoisotopic (exact) mass is 396 g/mol. The van der Waals surface area contributed by atoms with Crippen molar-refractivity contribution in [3.63, 3.8) is 0 Å². The van der Waals surface area contributed by atoms with Crippen molar-refractivity contribution >= 4 is 27.9 Å². The van der Waals surface area contributed by atoms with Crippen LogP contribution >= 0.6 is 0 Å². The first-order valence-corrected chi connectivity index (χ1v) is 9.20. The van der Waals surface area contributed by atoms with Gasteiger partial charge >= 0.3 is 0 Å². The van der Waals surface area contributed by atoms with E-state index in [9.17, 15) is 15.3 Å². The number of para-hydroxylation sites is 1. The lowest BCUT2D eigenvalue weighted by atomic mass is 10.1. The molecule has 4 aromatic rings. The molecule has 5 rings (SSSR count). The standard InChI is InChI=1S/C19H20N6O4/c1-23(25-7-6-11-4-2-3-5-12(11)25)17-14-18(21-9-20-17)24(10-22-14)19-16(28)15(27)13(8-26)29-19/h2-7,9-10,13,15-16,19,26-28H,8H2,1H3/t13-,15-,16-,19-/m1/s1. The molecule has 3 aromatic heterocycles. The van der Waals surface area contributed by atoms with E-state index in [2.05, 4.69) is 15.0 Å². The molecule has 150 valence electrons. The Hall–Kier alpha value is -3.05. The molecule has 29 heavy (non-hydrogen) atoms. The minimum Gasteiger partial charge on any atom is -0.394 e. The molecule has 1 aliphatic rings. The van der Waals surface area contributed by atoms with Gasteiger partial charge in [-0.05, 0) is 12.1 Å². The molecule has 1 saturated heterocycles. The summed E-state index contributed by atoms with van der Waals surface area (Å²) >= 11 is 0. The molecular formula is C19H20N6O4. The van der Waals surface area contributed by atoms with Gasteiger partial charge in [-0.3, -0.25) is 14.3 Å². The van der Waals surface area contributed by atoms with Crippen LogP contribution in [0, 0.1) is 0 Å². The van der Waals surface area contributed by atoms with E-state index in [4.69, 9.17) is 4.74 Å². The molecule has 1 aliphatic heterocycles. The third kappa shape index (κ3) is 2.69. The minimum absolute atomic E-state index is 0.398. The maximum Gasteiger partial charge on any atom is 0.178 e. The number of aliphatic hydroxyl groups excluding tert-OH is 3. The Bertz CT molecular complexity index is 1170. The summed E-state index contributed by atoms with van der Waals surface area (Å²) in [4.78, 5) is 13.1. The highest BCUT2D eigenvalue weighted by atomic mass is 16.6. The van der Waals surface area contributed by atoms with Crippen LogP contribution in [0.4, 0.5) is 5.82 Å². The topological polar surface area (TPSA) is 122 Å². The molecule has 1 fully saturated rings. The fraction of sp³-hybridized carbons (Fsp3) is 0.316. The van der Waals surface area contributed by atoms with Crippen LogP contribution in [0.15, 0.2) is 49.2 Å². The Morgan fingerprint density at radius 2 is 1.93 bits per heavy atom. The van der Waals surface area contributed by atoms with Gasteiger partial charge in [-0.2, -0.15) is 0 Å². The van der Waals surface area contributed by atoms with Gasteiger partial charge in [0.25, 0.3) is 0 Å². The predicted octanol–water partition coefficient (Wildman–Crippen LogP) is 0.292. The molecule has 10 heteroatoms. The smallest absolute Gasteiger partial charge is 0.178 e. The molecule has 0 radical (unpaired) electrons. The van der Waals surface area contributed by atoms with E-state index in [1.165, 1.54) is 12.7 Å². The first-order valence-electron chi connectivity index (χ1n) is 9.20. The Morgan fingerprint density at radius 1 is 1.10 bits per heavy atom. The molecule has 0 bridgehead atoms. The maximum absolute atomic E-state index is 10.3. The van der Waals surface area contributed by atoms with Gasteiger partial charge in [-0.1, -0.05) is 18.2 Å². The number of benzene rings is 1. The van der Waals surface area contributed by atoms with Gasteiger partial charge in [0.2, 0.25) is 0 Å². The zero-order chi connectivity index (χ0) is 20.1. The van der Waals surface area contributed by atoms with Crippen LogP contribution in [0.2, 0.25) is 0 Å². The molecule has 4 heterocycles. The highest BCUT2D eigenvalue weighted by molar-refractivity contribution is 5.85. The summed E-state index contributed by atoms with van der Waals surface area (Å²) in [6, 6.07) is 10.0. The summed E-state index contributed by atoms with van der Waals surface area (Å²) in [5.41, 5.74) is 1.99. The van der Waals surface area contributed by atoms with Crippen molar-refractivity contribution in [2.24, 2.45) is 0 Å². The van der Waals surface area contributed by atoms with E-state index in [1.807, 2.05) is 53.3 Å². The molecule has 0 amide bonds. The van der Waals surface area contributed by atoms with Gasteiger partial charge in [0, 0.05) is 18.6 Å². The normalized spacial score (nSPS) is 24.6. The van der Waals surface area contributed by atoms with Crippen molar-refractivity contribution in [3.8, 4) is 0 Å². The molecule has 4 atom stereocenters. The fourth-order valence-corrected chi connectivity index (χ4v) is 3.80. The molecular weight excluding hydrogens is 376 g/mol. The molecule has 10 nitrogen and oxygen atoms in total. The Morgan fingerprint density at radius 3 is 2.72 bits per heavy atom. The van der Waals surface area contributed by atoms with E-state index in [1.54, 1.807) is 4.57 Å². The van der Waals surface area contributed by atoms with E-state index < -0.39 is 31.1 Å². The van der Waals surface area contributed by atoms with Crippen molar-refractivity contribution < 1.29 is 20.1 Å². The zero-order valence-electron chi connectivity index (χ0n) is 15.6. The van der Waals surface area contributed by atoms with Crippen LogP contribution < -0.4 is 5.01 Å². The van der Waals surface area contributed by atoms with Gasteiger partial charge in [-0.15, -0.1) is 0 Å². The number of rotatable bonds is 4. The van der Waals surface area contributed by atoms with Crippen molar-refractivity contribution in [2.75, 3.05) is 18.7 Å². The Labute approximate surface area is 165 Å². The van der Waals surface area contributed by atoms with Gasteiger partial charge in [0.05, 0.1) is 18.5 Å². The number of fused-ring (bicyclic) bond motifs is 2. The lowest BCUT2D eigenvalue weighted by Gasteiger charge is -2.21. The first kappa shape index (κ1) is 18.0. The van der Waals surface area contributed by atoms with E-state index in [0.717, 1.165) is 10.9 Å². The second-order valence-corrected chi connectivity index (χ2v) is 6.99. The lowest BCUT2D eigenvalue weighted by Crippen LogP contribution is -2.33. The second kappa shape index (κ2) is 6.78.